The molecule has 0 radical (unpaired) electrons. The maximum absolute atomic E-state index is 12.7. The van der Waals surface area contributed by atoms with Crippen molar-refractivity contribution in [1.29, 1.82) is 0 Å². The standard InChI is InChI=1S/C24H27ClN4O3/c1-24(2,3)20-14-21(29(27-20)18-12-10-17(25)11-13-18)26-22(30)15-28(4)23(31)16-32-19-8-6-5-7-9-19/h5-14H,15-16H2,1-4H3,(H,26,30). The van der Waals surface area contributed by atoms with E-state index in [9.17, 15) is 9.59 Å². The third-order valence-electron chi connectivity index (χ3n) is 4.73. The summed E-state index contributed by atoms with van der Waals surface area (Å²) in [6, 6.07) is 18.1. The summed E-state index contributed by atoms with van der Waals surface area (Å²) in [6.07, 6.45) is 0. The summed E-state index contributed by atoms with van der Waals surface area (Å²) in [5, 5.41) is 8.15. The molecule has 32 heavy (non-hydrogen) atoms. The van der Waals surface area contributed by atoms with Crippen LogP contribution in [0.4, 0.5) is 5.82 Å². The molecule has 1 N–H and O–H groups in total. The van der Waals surface area contributed by atoms with Crippen molar-refractivity contribution in [2.75, 3.05) is 25.5 Å². The van der Waals surface area contributed by atoms with Crippen molar-refractivity contribution in [3.63, 3.8) is 0 Å². The Bertz CT molecular complexity index is 1070. The number of rotatable bonds is 7. The first-order chi connectivity index (χ1) is 15.1. The number of para-hydroxylation sites is 1. The van der Waals surface area contributed by atoms with E-state index in [1.807, 2.05) is 57.2 Å². The summed E-state index contributed by atoms with van der Waals surface area (Å²) in [5.41, 5.74) is 1.38. The van der Waals surface area contributed by atoms with E-state index < -0.39 is 0 Å². The molecule has 2 aromatic carbocycles. The molecule has 0 aliphatic carbocycles. The van der Waals surface area contributed by atoms with Gasteiger partial charge in [0.05, 0.1) is 17.9 Å². The van der Waals surface area contributed by atoms with Gasteiger partial charge in [0.2, 0.25) is 5.91 Å². The van der Waals surface area contributed by atoms with Crippen LogP contribution < -0.4 is 10.1 Å². The van der Waals surface area contributed by atoms with Crippen LogP contribution in [0.5, 0.6) is 5.75 Å². The molecule has 0 spiro atoms. The lowest BCUT2D eigenvalue weighted by Crippen LogP contribution is -2.37. The number of nitrogens with one attached hydrogen (secondary N) is 1. The lowest BCUT2D eigenvalue weighted by Gasteiger charge is -2.17. The molecule has 168 valence electrons. The second-order valence-electron chi connectivity index (χ2n) is 8.45. The molecule has 1 aromatic heterocycles. The predicted molar refractivity (Wildman–Crippen MR) is 125 cm³/mol. The second kappa shape index (κ2) is 9.87. The Hall–Kier alpha value is -3.32. The fraction of sp³-hybridized carbons (Fsp3) is 0.292. The maximum Gasteiger partial charge on any atom is 0.260 e. The number of likely N-dealkylation sites (N-methyl/N-ethyl adjacent to an activating group) is 1. The molecule has 0 saturated heterocycles. The number of carbonyl (C=O) groups excluding carboxylic acids is 2. The summed E-state index contributed by atoms with van der Waals surface area (Å²) < 4.78 is 7.13. The number of anilines is 1. The Kier molecular flexibility index (Phi) is 7.20. The highest BCUT2D eigenvalue weighted by atomic mass is 35.5. The van der Waals surface area contributed by atoms with Crippen LogP contribution in [0.15, 0.2) is 60.7 Å². The molecule has 1 heterocycles. The molecule has 0 aliphatic heterocycles. The van der Waals surface area contributed by atoms with Crippen molar-refractivity contribution >= 4 is 29.2 Å². The molecule has 3 aromatic rings. The number of amides is 2. The van der Waals surface area contributed by atoms with Crippen LogP contribution in [0.3, 0.4) is 0 Å². The van der Waals surface area contributed by atoms with Crippen molar-refractivity contribution in [2.24, 2.45) is 0 Å². The topological polar surface area (TPSA) is 76.5 Å². The van der Waals surface area contributed by atoms with E-state index in [4.69, 9.17) is 16.3 Å². The minimum absolute atomic E-state index is 0.117. The maximum atomic E-state index is 12.7. The number of hydrogen-bond donors (Lipinski definition) is 1. The zero-order valence-electron chi connectivity index (χ0n) is 18.6. The number of hydrogen-bond acceptors (Lipinski definition) is 4. The Labute approximate surface area is 192 Å². The van der Waals surface area contributed by atoms with Gasteiger partial charge in [-0.3, -0.25) is 9.59 Å². The quantitative estimate of drug-likeness (QED) is 0.577. The van der Waals surface area contributed by atoms with Crippen LogP contribution in [0, 0.1) is 0 Å². The van der Waals surface area contributed by atoms with Gasteiger partial charge in [-0.1, -0.05) is 50.6 Å². The van der Waals surface area contributed by atoms with E-state index in [0.29, 0.717) is 16.6 Å². The zero-order chi connectivity index (χ0) is 23.3. The van der Waals surface area contributed by atoms with Gasteiger partial charge in [-0.25, -0.2) is 4.68 Å². The van der Waals surface area contributed by atoms with E-state index in [1.54, 1.807) is 36.0 Å². The fourth-order valence-corrected chi connectivity index (χ4v) is 3.00. The summed E-state index contributed by atoms with van der Waals surface area (Å²) in [4.78, 5) is 26.4. The first-order valence-corrected chi connectivity index (χ1v) is 10.6. The lowest BCUT2D eigenvalue weighted by molar-refractivity contribution is -0.135. The lowest BCUT2D eigenvalue weighted by atomic mass is 9.92. The van der Waals surface area contributed by atoms with E-state index in [0.717, 1.165) is 11.4 Å². The van der Waals surface area contributed by atoms with Gasteiger partial charge in [-0.05, 0) is 36.4 Å². The molecule has 8 heteroatoms. The Morgan fingerprint density at radius 2 is 1.75 bits per heavy atom. The largest absolute Gasteiger partial charge is 0.484 e. The van der Waals surface area contributed by atoms with Crippen LogP contribution >= 0.6 is 11.6 Å². The zero-order valence-corrected chi connectivity index (χ0v) is 19.4. The molecule has 0 saturated carbocycles. The van der Waals surface area contributed by atoms with Gasteiger partial charge >= 0.3 is 0 Å². The summed E-state index contributed by atoms with van der Waals surface area (Å²) >= 11 is 6.01. The van der Waals surface area contributed by atoms with Gasteiger partial charge in [0.15, 0.2) is 6.61 Å². The molecular weight excluding hydrogens is 428 g/mol. The van der Waals surface area contributed by atoms with E-state index >= 15 is 0 Å². The summed E-state index contributed by atoms with van der Waals surface area (Å²) in [7, 11) is 1.56. The van der Waals surface area contributed by atoms with Gasteiger partial charge in [0.1, 0.15) is 11.6 Å². The monoisotopic (exact) mass is 454 g/mol. The van der Waals surface area contributed by atoms with Crippen molar-refractivity contribution in [1.82, 2.24) is 14.7 Å². The molecule has 0 atom stereocenters. The number of ether oxygens (including phenoxy) is 1. The summed E-state index contributed by atoms with van der Waals surface area (Å²) in [5.74, 6) is 0.477. The van der Waals surface area contributed by atoms with E-state index in [-0.39, 0.29) is 30.4 Å². The predicted octanol–water partition coefficient (Wildman–Crippen LogP) is 4.30. The number of carbonyl (C=O) groups is 2. The molecule has 3 rings (SSSR count). The van der Waals surface area contributed by atoms with Crippen molar-refractivity contribution < 1.29 is 14.3 Å². The van der Waals surface area contributed by atoms with Crippen LogP contribution in [0.25, 0.3) is 5.69 Å². The molecule has 2 amide bonds. The smallest absolute Gasteiger partial charge is 0.260 e. The highest BCUT2D eigenvalue weighted by molar-refractivity contribution is 6.30. The van der Waals surface area contributed by atoms with Crippen LogP contribution in [-0.4, -0.2) is 46.7 Å². The first-order valence-electron chi connectivity index (χ1n) is 10.2. The Morgan fingerprint density at radius 3 is 2.38 bits per heavy atom. The Morgan fingerprint density at radius 1 is 1.09 bits per heavy atom. The van der Waals surface area contributed by atoms with Crippen LogP contribution in [-0.2, 0) is 15.0 Å². The van der Waals surface area contributed by atoms with Crippen molar-refractivity contribution in [3.05, 3.63) is 71.4 Å². The Balaban J connectivity index is 1.68. The summed E-state index contributed by atoms with van der Waals surface area (Å²) in [6.45, 7) is 5.88. The van der Waals surface area contributed by atoms with Gasteiger partial charge in [-0.2, -0.15) is 5.10 Å². The minimum atomic E-state index is -0.337. The number of benzene rings is 2. The first kappa shape index (κ1) is 23.3. The third-order valence-corrected chi connectivity index (χ3v) is 4.98. The molecule has 0 fully saturated rings. The van der Waals surface area contributed by atoms with E-state index in [1.165, 1.54) is 4.90 Å². The second-order valence-corrected chi connectivity index (χ2v) is 8.89. The van der Waals surface area contributed by atoms with Crippen molar-refractivity contribution in [3.8, 4) is 11.4 Å². The van der Waals surface area contributed by atoms with Crippen molar-refractivity contribution in [2.45, 2.75) is 26.2 Å². The molecular formula is C24H27ClN4O3. The normalized spacial score (nSPS) is 11.2. The molecule has 7 nitrogen and oxygen atoms in total. The molecule has 0 aliphatic rings. The van der Waals surface area contributed by atoms with Gasteiger partial charge < -0.3 is 15.0 Å². The molecule has 0 bridgehead atoms. The third kappa shape index (κ3) is 6.11. The van der Waals surface area contributed by atoms with Crippen LogP contribution in [0.2, 0.25) is 5.02 Å². The minimum Gasteiger partial charge on any atom is -0.484 e. The van der Waals surface area contributed by atoms with Crippen LogP contribution in [0.1, 0.15) is 26.5 Å². The number of nitrogens with zero attached hydrogens (tertiary/aromatic N) is 3. The average molecular weight is 455 g/mol. The fourth-order valence-electron chi connectivity index (χ4n) is 2.87. The number of aromatic nitrogens is 2. The number of halogens is 1. The highest BCUT2D eigenvalue weighted by Crippen LogP contribution is 2.26. The average Bonchev–Trinajstić information content (AvgIpc) is 3.17. The highest BCUT2D eigenvalue weighted by Gasteiger charge is 2.22. The van der Waals surface area contributed by atoms with Gasteiger partial charge in [0.25, 0.3) is 5.91 Å². The molecule has 0 unspecified atom stereocenters. The van der Waals surface area contributed by atoms with Gasteiger partial charge in [-0.15, -0.1) is 0 Å². The SMILES string of the molecule is CN(CC(=O)Nc1cc(C(C)(C)C)nn1-c1ccc(Cl)cc1)C(=O)COc1ccccc1. The van der Waals surface area contributed by atoms with E-state index in [2.05, 4.69) is 10.4 Å². The van der Waals surface area contributed by atoms with Gasteiger partial charge in [0, 0.05) is 23.6 Å².